The van der Waals surface area contributed by atoms with Crippen LogP contribution in [0, 0.1) is 29.1 Å². The van der Waals surface area contributed by atoms with Gasteiger partial charge in [0.1, 0.15) is 11.7 Å². The Bertz CT molecular complexity index is 722. The number of ketones is 1. The molecule has 30 heavy (non-hydrogen) atoms. The lowest BCUT2D eigenvalue weighted by molar-refractivity contribution is -0.117. The highest BCUT2D eigenvalue weighted by Crippen LogP contribution is 2.67. The Labute approximate surface area is 183 Å². The van der Waals surface area contributed by atoms with Crippen LogP contribution in [-0.2, 0) is 9.53 Å². The minimum atomic E-state index is -0.567. The molecular formula is C27H42O3. The molecular weight excluding hydrogens is 372 g/mol. The van der Waals surface area contributed by atoms with Crippen LogP contribution in [0.25, 0.3) is 0 Å². The number of hydrogen-bond acceptors (Lipinski definition) is 3. The summed E-state index contributed by atoms with van der Waals surface area (Å²) in [5.41, 5.74) is 1.86. The van der Waals surface area contributed by atoms with Crippen LogP contribution in [0.15, 0.2) is 23.8 Å². The number of rotatable bonds is 6. The molecule has 1 heterocycles. The van der Waals surface area contributed by atoms with Gasteiger partial charge in [-0.15, -0.1) is 0 Å². The van der Waals surface area contributed by atoms with Gasteiger partial charge in [0.2, 0.25) is 0 Å². The van der Waals surface area contributed by atoms with Crippen molar-refractivity contribution in [1.82, 2.24) is 0 Å². The first kappa shape index (κ1) is 22.3. The fourth-order valence-corrected chi connectivity index (χ4v) is 7.51. The summed E-state index contributed by atoms with van der Waals surface area (Å²) in [6.45, 7) is 13.7. The summed E-state index contributed by atoms with van der Waals surface area (Å²) in [6, 6.07) is 0. The van der Waals surface area contributed by atoms with E-state index in [0.29, 0.717) is 23.3 Å². The predicted octanol–water partition coefficient (Wildman–Crippen LogP) is 6.01. The van der Waals surface area contributed by atoms with Crippen molar-refractivity contribution in [2.75, 3.05) is 0 Å². The molecule has 1 saturated heterocycles. The van der Waals surface area contributed by atoms with Crippen molar-refractivity contribution in [2.24, 2.45) is 29.1 Å². The molecule has 7 atom stereocenters. The lowest BCUT2D eigenvalue weighted by atomic mass is 9.58. The van der Waals surface area contributed by atoms with Crippen molar-refractivity contribution in [3.05, 3.63) is 23.8 Å². The number of ether oxygens (including phenoxy) is 1. The zero-order chi connectivity index (χ0) is 21.7. The van der Waals surface area contributed by atoms with Gasteiger partial charge in [-0.1, -0.05) is 53.5 Å². The van der Waals surface area contributed by atoms with Crippen molar-refractivity contribution in [1.29, 1.82) is 0 Å². The Balaban J connectivity index is 1.47. The van der Waals surface area contributed by atoms with Gasteiger partial charge in [0.25, 0.3) is 0 Å². The van der Waals surface area contributed by atoms with Gasteiger partial charge in [-0.25, -0.2) is 0 Å². The second-order valence-corrected chi connectivity index (χ2v) is 11.5. The average Bonchev–Trinajstić information content (AvgIpc) is 3.18. The van der Waals surface area contributed by atoms with Crippen LogP contribution in [0.3, 0.4) is 0 Å². The molecule has 3 heteroatoms. The van der Waals surface area contributed by atoms with Crippen molar-refractivity contribution < 1.29 is 14.6 Å². The van der Waals surface area contributed by atoms with E-state index >= 15 is 0 Å². The van der Waals surface area contributed by atoms with Crippen LogP contribution in [-0.4, -0.2) is 28.7 Å². The van der Waals surface area contributed by atoms with E-state index in [1.165, 1.54) is 44.9 Å². The molecule has 0 radical (unpaired) electrons. The molecule has 0 amide bonds. The zero-order valence-corrected chi connectivity index (χ0v) is 19.6. The molecule has 0 aromatic rings. The smallest absolute Gasteiger partial charge is 0.165 e. The fraction of sp³-hybridized carbons (Fsp3) is 0.815. The van der Waals surface area contributed by atoms with Gasteiger partial charge in [-0.05, 0) is 79.3 Å². The predicted molar refractivity (Wildman–Crippen MR) is 121 cm³/mol. The van der Waals surface area contributed by atoms with Crippen LogP contribution in [0.2, 0.25) is 0 Å². The average molecular weight is 415 g/mol. The lowest BCUT2D eigenvalue weighted by Gasteiger charge is -2.46. The molecule has 3 saturated carbocycles. The van der Waals surface area contributed by atoms with Crippen LogP contribution < -0.4 is 0 Å². The Morgan fingerprint density at radius 2 is 1.97 bits per heavy atom. The summed E-state index contributed by atoms with van der Waals surface area (Å²) < 4.78 is 6.48. The van der Waals surface area contributed by atoms with Gasteiger partial charge in [-0.3, -0.25) is 4.79 Å². The molecule has 4 fully saturated rings. The number of allylic oxidation sites excluding steroid dienone is 1. The molecule has 0 bridgehead atoms. The summed E-state index contributed by atoms with van der Waals surface area (Å²) in [4.78, 5) is 12.1. The van der Waals surface area contributed by atoms with E-state index in [1.54, 1.807) is 0 Å². The van der Waals surface area contributed by atoms with E-state index in [0.717, 1.165) is 29.7 Å². The summed E-state index contributed by atoms with van der Waals surface area (Å²) in [6.07, 6.45) is 12.8. The van der Waals surface area contributed by atoms with Gasteiger partial charge in [0.15, 0.2) is 5.78 Å². The molecule has 4 rings (SSSR count). The summed E-state index contributed by atoms with van der Waals surface area (Å²) >= 11 is 0. The molecule has 3 nitrogen and oxygen atoms in total. The first-order valence-corrected chi connectivity index (χ1v) is 12.5. The highest BCUT2D eigenvalue weighted by molar-refractivity contribution is 6.00. The summed E-state index contributed by atoms with van der Waals surface area (Å²) in [5.74, 6) is 3.00. The Morgan fingerprint density at radius 1 is 1.20 bits per heavy atom. The molecule has 4 aliphatic rings. The largest absolute Gasteiger partial charge is 0.392 e. The van der Waals surface area contributed by atoms with E-state index in [2.05, 4.69) is 40.3 Å². The maximum atomic E-state index is 12.1. The van der Waals surface area contributed by atoms with Crippen molar-refractivity contribution in [2.45, 2.75) is 110 Å². The first-order chi connectivity index (χ1) is 14.2. The number of fused-ring (bicyclic) bond motifs is 2. The quantitative estimate of drug-likeness (QED) is 0.428. The van der Waals surface area contributed by atoms with Crippen LogP contribution in [0.1, 0.15) is 91.9 Å². The molecule has 0 unspecified atom stereocenters. The molecule has 0 aromatic carbocycles. The van der Waals surface area contributed by atoms with E-state index in [9.17, 15) is 9.90 Å². The zero-order valence-electron chi connectivity index (χ0n) is 19.6. The van der Waals surface area contributed by atoms with Crippen LogP contribution >= 0.6 is 0 Å². The van der Waals surface area contributed by atoms with Crippen molar-refractivity contribution in [3.63, 3.8) is 0 Å². The number of aliphatic hydroxyl groups excluding tert-OH is 1. The SMILES string of the molecule is C=C1C(=O)C[C@H](O)C/C1=C/[C@H]1O[C@@]12CCC[C@]1(C)[C@@H]([C@H](C)CCCC(C)C)CC[C@H]12. The molecule has 3 aliphatic carbocycles. The molecule has 1 spiro atoms. The third-order valence-electron chi connectivity index (χ3n) is 9.13. The van der Waals surface area contributed by atoms with Gasteiger partial charge in [-0.2, -0.15) is 0 Å². The number of epoxide rings is 1. The van der Waals surface area contributed by atoms with Gasteiger partial charge in [0, 0.05) is 12.0 Å². The van der Waals surface area contributed by atoms with Gasteiger partial charge >= 0.3 is 0 Å². The molecule has 168 valence electrons. The first-order valence-electron chi connectivity index (χ1n) is 12.5. The topological polar surface area (TPSA) is 49.8 Å². The van der Waals surface area contributed by atoms with Gasteiger partial charge in [0.05, 0.1) is 6.10 Å². The number of carbonyl (C=O) groups is 1. The highest BCUT2D eigenvalue weighted by atomic mass is 16.6. The molecule has 1 N–H and O–H groups in total. The number of hydrogen-bond donors (Lipinski definition) is 1. The van der Waals surface area contributed by atoms with Crippen molar-refractivity contribution >= 4 is 5.78 Å². The van der Waals surface area contributed by atoms with Gasteiger partial charge < -0.3 is 9.84 Å². The minimum Gasteiger partial charge on any atom is -0.392 e. The molecule has 0 aromatic heterocycles. The Morgan fingerprint density at radius 3 is 2.70 bits per heavy atom. The molecule has 1 aliphatic heterocycles. The third kappa shape index (κ3) is 3.86. The maximum Gasteiger partial charge on any atom is 0.165 e. The van der Waals surface area contributed by atoms with Crippen LogP contribution in [0.4, 0.5) is 0 Å². The second kappa shape index (κ2) is 8.20. The van der Waals surface area contributed by atoms with E-state index in [4.69, 9.17) is 4.74 Å². The maximum absolute atomic E-state index is 12.1. The Hall–Kier alpha value is -0.930. The Kier molecular flexibility index (Phi) is 6.09. The summed E-state index contributed by atoms with van der Waals surface area (Å²) in [7, 11) is 0. The number of aliphatic hydroxyl groups is 1. The van der Waals surface area contributed by atoms with Crippen molar-refractivity contribution in [3.8, 4) is 0 Å². The summed E-state index contributed by atoms with van der Waals surface area (Å²) in [5, 5.41) is 10.1. The monoisotopic (exact) mass is 414 g/mol. The van der Waals surface area contributed by atoms with E-state index in [-0.39, 0.29) is 23.9 Å². The number of Topliss-reactive ketones (excluding diaryl/α,β-unsaturated/α-hetero) is 1. The highest BCUT2D eigenvalue weighted by Gasteiger charge is 2.68. The van der Waals surface area contributed by atoms with Crippen LogP contribution in [0.5, 0.6) is 0 Å². The number of carbonyl (C=O) groups excluding carboxylic acids is 1. The normalized spacial score (nSPS) is 43.5. The lowest BCUT2D eigenvalue weighted by Crippen LogP contribution is -2.44. The van der Waals surface area contributed by atoms with E-state index < -0.39 is 6.10 Å². The fourth-order valence-electron chi connectivity index (χ4n) is 7.51. The third-order valence-corrected chi connectivity index (χ3v) is 9.13. The standard InChI is InChI=1S/C27H42O3/c1-17(2)8-6-9-18(3)22-10-11-24-26(22,5)12-7-13-27(24)25(30-27)15-20-14-21(28)16-23(29)19(20)4/h15,17-18,21-22,24-25,28H,4,6-14,16H2,1-3,5H3/b20-15-/t18-,21-,22-,24-,25-,26-,27-/m1/s1. The minimum absolute atomic E-state index is 0.0145. The second-order valence-electron chi connectivity index (χ2n) is 11.5. The van der Waals surface area contributed by atoms with E-state index in [1.807, 2.05) is 0 Å².